The topological polar surface area (TPSA) is 48.1 Å². The molecule has 2 aromatic carbocycles. The van der Waals surface area contributed by atoms with Crippen molar-refractivity contribution < 1.29 is 0 Å². The fourth-order valence-corrected chi connectivity index (χ4v) is 2.47. The highest BCUT2D eigenvalue weighted by molar-refractivity contribution is 7.81. The number of anilines is 2. The second-order valence-corrected chi connectivity index (χ2v) is 5.93. The Hall–Kier alpha value is -1.89. The second-order valence-electron chi connectivity index (χ2n) is 4.68. The van der Waals surface area contributed by atoms with Gasteiger partial charge in [-0.2, -0.15) is 0 Å². The molecule has 0 amide bonds. The fourth-order valence-electron chi connectivity index (χ4n) is 1.95. The summed E-state index contributed by atoms with van der Waals surface area (Å²) in [5.41, 5.74) is 8.65. The first-order chi connectivity index (χ1) is 11.1. The smallest absolute Gasteiger partial charge is 0.189 e. The Balaban J connectivity index is 1.83. The zero-order valence-corrected chi connectivity index (χ0v) is 14.9. The predicted octanol–water partition coefficient (Wildman–Crippen LogP) is 4.09. The molecular weight excluding hydrogens is 348 g/mol. The first-order valence-electron chi connectivity index (χ1n) is 7.06. The van der Waals surface area contributed by atoms with Crippen LogP contribution >= 0.6 is 36.0 Å². The van der Waals surface area contributed by atoms with E-state index in [9.17, 15) is 0 Å². The van der Waals surface area contributed by atoms with Crippen molar-refractivity contribution >= 4 is 57.6 Å². The molecule has 2 aromatic rings. The third-order valence-electron chi connectivity index (χ3n) is 3.02. The summed E-state index contributed by atoms with van der Waals surface area (Å²) in [7, 11) is 0. The summed E-state index contributed by atoms with van der Waals surface area (Å²) in [5.74, 6) is 0. The lowest BCUT2D eigenvalue weighted by molar-refractivity contribution is 0.885. The highest BCUT2D eigenvalue weighted by Crippen LogP contribution is 2.15. The minimum Gasteiger partial charge on any atom is -0.331 e. The van der Waals surface area contributed by atoms with Crippen molar-refractivity contribution in [2.24, 2.45) is 0 Å². The van der Waals surface area contributed by atoms with Crippen LogP contribution in [0.4, 0.5) is 11.4 Å². The summed E-state index contributed by atoms with van der Waals surface area (Å²) in [4.78, 5) is 0. The van der Waals surface area contributed by atoms with Gasteiger partial charge in [-0.15, -0.1) is 0 Å². The zero-order valence-electron chi connectivity index (χ0n) is 12.5. The maximum Gasteiger partial charge on any atom is 0.189 e. The molecule has 0 unspecified atom stereocenters. The van der Waals surface area contributed by atoms with Crippen LogP contribution in [0.2, 0.25) is 5.02 Å². The number of hydrogen-bond donors (Lipinski definition) is 4. The maximum absolute atomic E-state index is 5.92. The van der Waals surface area contributed by atoms with E-state index in [1.54, 1.807) is 12.1 Å². The molecule has 4 N–H and O–H groups in total. The molecule has 0 aliphatic carbocycles. The molecule has 0 bridgehead atoms. The maximum atomic E-state index is 5.92. The van der Waals surface area contributed by atoms with Crippen LogP contribution in [0.1, 0.15) is 12.5 Å². The van der Waals surface area contributed by atoms with E-state index < -0.39 is 0 Å². The van der Waals surface area contributed by atoms with Gasteiger partial charge in [-0.3, -0.25) is 10.9 Å². The van der Waals surface area contributed by atoms with Gasteiger partial charge in [0.15, 0.2) is 10.2 Å². The van der Waals surface area contributed by atoms with Gasteiger partial charge < -0.3 is 10.6 Å². The van der Waals surface area contributed by atoms with Crippen molar-refractivity contribution in [2.75, 3.05) is 10.6 Å². The van der Waals surface area contributed by atoms with E-state index in [4.69, 9.17) is 36.0 Å². The molecule has 2 rings (SSSR count). The number of rotatable bonds is 3. The lowest BCUT2D eigenvalue weighted by Crippen LogP contribution is -2.45. The van der Waals surface area contributed by atoms with Crippen molar-refractivity contribution in [3.8, 4) is 0 Å². The standard InChI is InChI=1S/C16H17ClN4S2/c1-2-11-6-3-4-9-14(11)19-16(23)21-20-15(22)18-13-8-5-7-12(17)10-13/h3-10H,2H2,1H3,(H2,18,20,22)(H2,19,21,23). The number of benzene rings is 2. The minimum absolute atomic E-state index is 0.389. The molecule has 120 valence electrons. The van der Waals surface area contributed by atoms with Crippen LogP contribution in [0, 0.1) is 0 Å². The summed E-state index contributed by atoms with van der Waals surface area (Å²) >= 11 is 16.4. The number of para-hydroxylation sites is 1. The van der Waals surface area contributed by atoms with E-state index in [0.29, 0.717) is 15.2 Å². The lowest BCUT2D eigenvalue weighted by Gasteiger charge is -2.15. The van der Waals surface area contributed by atoms with Gasteiger partial charge in [-0.05, 0) is 60.7 Å². The molecule has 0 saturated heterocycles. The number of halogens is 1. The highest BCUT2D eigenvalue weighted by Gasteiger charge is 2.03. The van der Waals surface area contributed by atoms with Crippen molar-refractivity contribution in [2.45, 2.75) is 13.3 Å². The number of aryl methyl sites for hydroxylation is 1. The minimum atomic E-state index is 0.389. The summed E-state index contributed by atoms with van der Waals surface area (Å²) in [5, 5.41) is 7.61. The Morgan fingerprint density at radius 1 is 0.957 bits per heavy atom. The average Bonchev–Trinajstić information content (AvgIpc) is 2.53. The van der Waals surface area contributed by atoms with Gasteiger partial charge in [-0.1, -0.05) is 42.8 Å². The Morgan fingerprint density at radius 3 is 2.35 bits per heavy atom. The Kier molecular flexibility index (Phi) is 6.58. The molecule has 0 aromatic heterocycles. The van der Waals surface area contributed by atoms with Gasteiger partial charge >= 0.3 is 0 Å². The van der Waals surface area contributed by atoms with Crippen LogP contribution in [0.25, 0.3) is 0 Å². The highest BCUT2D eigenvalue weighted by atomic mass is 35.5. The first-order valence-corrected chi connectivity index (χ1v) is 8.25. The number of nitrogens with one attached hydrogen (secondary N) is 4. The van der Waals surface area contributed by atoms with Gasteiger partial charge in [0.05, 0.1) is 0 Å². The molecule has 4 nitrogen and oxygen atoms in total. The Morgan fingerprint density at radius 2 is 1.65 bits per heavy atom. The van der Waals surface area contributed by atoms with Gasteiger partial charge in [0.1, 0.15) is 0 Å². The van der Waals surface area contributed by atoms with E-state index in [-0.39, 0.29) is 0 Å². The van der Waals surface area contributed by atoms with Crippen molar-refractivity contribution in [1.29, 1.82) is 0 Å². The molecule has 0 fully saturated rings. The molecule has 0 spiro atoms. The Labute approximate surface area is 151 Å². The van der Waals surface area contributed by atoms with E-state index in [0.717, 1.165) is 17.8 Å². The molecule has 0 aliphatic heterocycles. The van der Waals surface area contributed by atoms with Crippen molar-refractivity contribution in [3.05, 3.63) is 59.1 Å². The van der Waals surface area contributed by atoms with Crippen LogP contribution in [0.15, 0.2) is 48.5 Å². The third kappa shape index (κ3) is 5.67. The van der Waals surface area contributed by atoms with Gasteiger partial charge in [0, 0.05) is 16.4 Å². The molecular formula is C16H17ClN4S2. The average molecular weight is 365 g/mol. The largest absolute Gasteiger partial charge is 0.331 e. The summed E-state index contributed by atoms with van der Waals surface area (Å²) in [6.45, 7) is 2.10. The number of hydrogen-bond acceptors (Lipinski definition) is 2. The van der Waals surface area contributed by atoms with E-state index in [1.165, 1.54) is 5.56 Å². The monoisotopic (exact) mass is 364 g/mol. The quantitative estimate of drug-likeness (QED) is 0.486. The van der Waals surface area contributed by atoms with Crippen LogP contribution in [-0.4, -0.2) is 10.2 Å². The van der Waals surface area contributed by atoms with E-state index >= 15 is 0 Å². The molecule has 0 saturated carbocycles. The lowest BCUT2D eigenvalue weighted by atomic mass is 10.1. The SMILES string of the molecule is CCc1ccccc1NC(=S)NNC(=S)Nc1cccc(Cl)c1. The molecule has 0 heterocycles. The van der Waals surface area contributed by atoms with Gasteiger partial charge in [0.25, 0.3) is 0 Å². The van der Waals surface area contributed by atoms with Gasteiger partial charge in [0.2, 0.25) is 0 Å². The van der Waals surface area contributed by atoms with E-state index in [1.807, 2.05) is 30.3 Å². The third-order valence-corrected chi connectivity index (χ3v) is 3.66. The van der Waals surface area contributed by atoms with Crippen LogP contribution in [-0.2, 0) is 6.42 Å². The second kappa shape index (κ2) is 8.67. The Bertz CT molecular complexity index is 706. The molecule has 0 atom stereocenters. The van der Waals surface area contributed by atoms with Gasteiger partial charge in [-0.25, -0.2) is 0 Å². The first kappa shape index (κ1) is 17.5. The number of hydrazine groups is 1. The molecule has 7 heteroatoms. The van der Waals surface area contributed by atoms with Crippen molar-refractivity contribution in [3.63, 3.8) is 0 Å². The van der Waals surface area contributed by atoms with Crippen molar-refractivity contribution in [1.82, 2.24) is 10.9 Å². The van der Waals surface area contributed by atoms with Crippen LogP contribution < -0.4 is 21.5 Å². The normalized spacial score (nSPS) is 9.83. The summed E-state index contributed by atoms with van der Waals surface area (Å²) < 4.78 is 0. The molecule has 23 heavy (non-hydrogen) atoms. The zero-order chi connectivity index (χ0) is 16.7. The summed E-state index contributed by atoms with van der Waals surface area (Å²) in [6, 6.07) is 15.3. The summed E-state index contributed by atoms with van der Waals surface area (Å²) in [6.07, 6.45) is 0.925. The van der Waals surface area contributed by atoms with Crippen LogP contribution in [0.3, 0.4) is 0 Å². The molecule has 0 radical (unpaired) electrons. The van der Waals surface area contributed by atoms with Crippen LogP contribution in [0.5, 0.6) is 0 Å². The van der Waals surface area contributed by atoms with E-state index in [2.05, 4.69) is 34.5 Å². The fraction of sp³-hybridized carbons (Fsp3) is 0.125. The molecule has 0 aliphatic rings. The number of thiocarbonyl (C=S) groups is 2. The predicted molar refractivity (Wildman–Crippen MR) is 106 cm³/mol.